The second-order valence-electron chi connectivity index (χ2n) is 3.89. The normalized spacial score (nSPS) is 23.7. The van der Waals surface area contributed by atoms with Gasteiger partial charge in [-0.3, -0.25) is 9.98 Å². The number of thioether (sulfide) groups is 1. The van der Waals surface area contributed by atoms with Crippen LogP contribution in [0.1, 0.15) is 18.7 Å². The van der Waals surface area contributed by atoms with Crippen LogP contribution in [0.15, 0.2) is 16.7 Å². The zero-order valence-corrected chi connectivity index (χ0v) is 10.6. The molecule has 2 rings (SSSR count). The molecule has 0 bridgehead atoms. The summed E-state index contributed by atoms with van der Waals surface area (Å²) in [5, 5.41) is 4.54. The molecular weight excluding hydrogens is 226 g/mol. The Morgan fingerprint density at radius 1 is 1.67 bits per heavy atom. The third-order valence-corrected chi connectivity index (χ3v) is 4.19. The fourth-order valence-corrected chi connectivity index (χ4v) is 3.05. The molecular formula is C10H15N3S2. The number of rotatable bonds is 3. The van der Waals surface area contributed by atoms with Crippen LogP contribution >= 0.6 is 23.1 Å². The number of amidine groups is 1. The van der Waals surface area contributed by atoms with E-state index in [0.717, 1.165) is 17.5 Å². The van der Waals surface area contributed by atoms with E-state index in [1.54, 1.807) is 11.3 Å². The number of hydrogen-bond donors (Lipinski definition) is 1. The van der Waals surface area contributed by atoms with Crippen molar-refractivity contribution in [1.29, 1.82) is 0 Å². The van der Waals surface area contributed by atoms with Gasteiger partial charge >= 0.3 is 0 Å². The molecule has 82 valence electrons. The molecule has 1 fully saturated rings. The number of nitrogens with one attached hydrogen (secondary N) is 1. The van der Waals surface area contributed by atoms with Crippen molar-refractivity contribution in [2.75, 3.05) is 5.75 Å². The molecule has 2 heterocycles. The summed E-state index contributed by atoms with van der Waals surface area (Å²) in [6.07, 6.45) is 1.88. The number of thiazole rings is 1. The zero-order valence-electron chi connectivity index (χ0n) is 8.93. The van der Waals surface area contributed by atoms with Gasteiger partial charge < -0.3 is 5.32 Å². The number of aromatic nitrogens is 1. The second kappa shape index (κ2) is 4.99. The molecule has 0 spiro atoms. The quantitative estimate of drug-likeness (QED) is 0.882. The lowest BCUT2D eigenvalue weighted by Gasteiger charge is -2.12. The van der Waals surface area contributed by atoms with Gasteiger partial charge in [0, 0.05) is 22.9 Å². The molecule has 0 aromatic carbocycles. The first-order valence-corrected chi connectivity index (χ1v) is 6.93. The third kappa shape index (κ3) is 2.95. The van der Waals surface area contributed by atoms with E-state index in [9.17, 15) is 0 Å². The van der Waals surface area contributed by atoms with Crippen molar-refractivity contribution in [3.8, 4) is 0 Å². The Morgan fingerprint density at radius 2 is 2.53 bits per heavy atom. The van der Waals surface area contributed by atoms with E-state index in [1.165, 1.54) is 4.88 Å². The van der Waals surface area contributed by atoms with Crippen LogP contribution in [0.4, 0.5) is 0 Å². The minimum absolute atomic E-state index is 0.579. The molecule has 0 radical (unpaired) electrons. The van der Waals surface area contributed by atoms with E-state index in [0.29, 0.717) is 12.0 Å². The van der Waals surface area contributed by atoms with Crippen LogP contribution in [-0.2, 0) is 6.54 Å². The van der Waals surface area contributed by atoms with E-state index in [4.69, 9.17) is 0 Å². The highest BCUT2D eigenvalue weighted by Crippen LogP contribution is 2.19. The van der Waals surface area contributed by atoms with Crippen LogP contribution in [0.2, 0.25) is 0 Å². The van der Waals surface area contributed by atoms with Crippen LogP contribution in [0, 0.1) is 5.92 Å². The Bertz CT molecular complexity index is 332. The molecule has 1 aliphatic rings. The number of nitrogens with zero attached hydrogens (tertiary/aromatic N) is 2. The fraction of sp³-hybridized carbons (Fsp3) is 0.600. The minimum atomic E-state index is 0.579. The molecule has 3 nitrogen and oxygen atoms in total. The summed E-state index contributed by atoms with van der Waals surface area (Å²) in [4.78, 5) is 9.79. The lowest BCUT2D eigenvalue weighted by atomic mass is 10.1. The van der Waals surface area contributed by atoms with Crippen LogP contribution in [-0.4, -0.2) is 21.9 Å². The summed E-state index contributed by atoms with van der Waals surface area (Å²) in [7, 11) is 0. The van der Waals surface area contributed by atoms with Crippen molar-refractivity contribution in [2.45, 2.75) is 26.4 Å². The largest absolute Gasteiger partial charge is 0.361 e. The third-order valence-electron chi connectivity index (χ3n) is 2.38. The summed E-state index contributed by atoms with van der Waals surface area (Å²) in [5.41, 5.74) is 1.85. The fourth-order valence-electron chi connectivity index (χ4n) is 1.33. The van der Waals surface area contributed by atoms with Crippen molar-refractivity contribution in [1.82, 2.24) is 10.3 Å². The summed E-state index contributed by atoms with van der Waals surface area (Å²) in [5.74, 6) is 1.81. The van der Waals surface area contributed by atoms with Gasteiger partial charge in [0.2, 0.25) is 0 Å². The Morgan fingerprint density at radius 3 is 3.13 bits per heavy atom. The standard InChI is InChI=1S/C10H15N3S2/c1-7(2)9-5-14-10(13-9)12-4-8-3-11-6-15-8/h3,6-7,9H,4-5H2,1-2H3,(H,12,13). The van der Waals surface area contributed by atoms with Crippen LogP contribution in [0.5, 0.6) is 0 Å². The molecule has 1 unspecified atom stereocenters. The summed E-state index contributed by atoms with van der Waals surface area (Å²) in [6.45, 7) is 5.24. The molecule has 1 aliphatic heterocycles. The van der Waals surface area contributed by atoms with Gasteiger partial charge in [-0.15, -0.1) is 11.3 Å². The molecule has 0 amide bonds. The van der Waals surface area contributed by atoms with Crippen molar-refractivity contribution in [2.24, 2.45) is 10.9 Å². The molecule has 5 heteroatoms. The monoisotopic (exact) mass is 241 g/mol. The molecule has 1 atom stereocenters. The van der Waals surface area contributed by atoms with Crippen molar-refractivity contribution < 1.29 is 0 Å². The Labute approximate surface area is 98.4 Å². The average Bonchev–Trinajstić information content (AvgIpc) is 2.86. The Hall–Kier alpha value is -0.550. The first-order valence-electron chi connectivity index (χ1n) is 5.07. The smallest absolute Gasteiger partial charge is 0.157 e. The first kappa shape index (κ1) is 11.0. The molecule has 1 N–H and O–H groups in total. The van der Waals surface area contributed by atoms with Crippen molar-refractivity contribution >= 4 is 28.3 Å². The van der Waals surface area contributed by atoms with Crippen LogP contribution in [0.3, 0.4) is 0 Å². The minimum Gasteiger partial charge on any atom is -0.361 e. The lowest BCUT2D eigenvalue weighted by molar-refractivity contribution is 0.503. The van der Waals surface area contributed by atoms with Gasteiger partial charge in [0.05, 0.1) is 12.1 Å². The van der Waals surface area contributed by atoms with E-state index < -0.39 is 0 Å². The van der Waals surface area contributed by atoms with Gasteiger partial charge in [-0.25, -0.2) is 0 Å². The maximum absolute atomic E-state index is 4.54. The van der Waals surface area contributed by atoms with E-state index >= 15 is 0 Å². The van der Waals surface area contributed by atoms with Crippen molar-refractivity contribution in [3.63, 3.8) is 0 Å². The highest BCUT2D eigenvalue weighted by atomic mass is 32.2. The zero-order chi connectivity index (χ0) is 10.7. The molecule has 1 aromatic rings. The molecule has 1 saturated heterocycles. The van der Waals surface area contributed by atoms with Crippen LogP contribution < -0.4 is 5.32 Å². The maximum atomic E-state index is 4.54. The maximum Gasteiger partial charge on any atom is 0.157 e. The SMILES string of the molecule is CC(C)C1CSC(=NCc2cncs2)N1. The number of hydrogen-bond acceptors (Lipinski definition) is 4. The van der Waals surface area contributed by atoms with Gasteiger partial charge in [-0.05, 0) is 5.92 Å². The molecule has 0 saturated carbocycles. The topological polar surface area (TPSA) is 37.3 Å². The van der Waals surface area contributed by atoms with E-state index in [1.807, 2.05) is 23.5 Å². The van der Waals surface area contributed by atoms with Gasteiger partial charge in [0.25, 0.3) is 0 Å². The number of aliphatic imine (C=N–C) groups is 1. The van der Waals surface area contributed by atoms with Gasteiger partial charge in [0.1, 0.15) is 0 Å². The highest BCUT2D eigenvalue weighted by Gasteiger charge is 2.22. The van der Waals surface area contributed by atoms with E-state index in [-0.39, 0.29) is 0 Å². The van der Waals surface area contributed by atoms with Gasteiger partial charge in [-0.2, -0.15) is 0 Å². The molecule has 0 aliphatic carbocycles. The predicted molar refractivity (Wildman–Crippen MR) is 67.5 cm³/mol. The lowest BCUT2D eigenvalue weighted by Crippen LogP contribution is -2.31. The van der Waals surface area contributed by atoms with Crippen LogP contribution in [0.25, 0.3) is 0 Å². The predicted octanol–water partition coefficient (Wildman–Crippen LogP) is 2.36. The van der Waals surface area contributed by atoms with E-state index in [2.05, 4.69) is 29.1 Å². The van der Waals surface area contributed by atoms with Crippen molar-refractivity contribution in [3.05, 3.63) is 16.6 Å². The summed E-state index contributed by atoms with van der Waals surface area (Å²) >= 11 is 3.48. The summed E-state index contributed by atoms with van der Waals surface area (Å²) < 4.78 is 0. The second-order valence-corrected chi connectivity index (χ2v) is 5.87. The Kier molecular flexibility index (Phi) is 3.64. The molecule has 1 aromatic heterocycles. The van der Waals surface area contributed by atoms with Gasteiger partial charge in [-0.1, -0.05) is 25.6 Å². The average molecular weight is 241 g/mol. The molecule has 15 heavy (non-hydrogen) atoms. The summed E-state index contributed by atoms with van der Waals surface area (Å²) in [6, 6.07) is 0.579. The Balaban J connectivity index is 1.88. The highest BCUT2D eigenvalue weighted by molar-refractivity contribution is 8.14. The van der Waals surface area contributed by atoms with Gasteiger partial charge in [0.15, 0.2) is 5.17 Å². The first-order chi connectivity index (χ1) is 7.25.